The molecular weight excluding hydrogens is 370 g/mol. The van der Waals surface area contributed by atoms with Crippen LogP contribution in [-0.2, 0) is 19.9 Å². The summed E-state index contributed by atoms with van der Waals surface area (Å²) in [5, 5.41) is 3.39. The summed E-state index contributed by atoms with van der Waals surface area (Å²) in [7, 11) is 1.56. The zero-order valence-electron chi connectivity index (χ0n) is 16.5. The number of amides is 3. The van der Waals surface area contributed by atoms with Gasteiger partial charge < -0.3 is 4.74 Å². The molecule has 3 aliphatic heterocycles. The van der Waals surface area contributed by atoms with Crippen molar-refractivity contribution in [3.8, 4) is 5.75 Å². The standard InChI is InChI=1S/C22H21N3O4/c1-21(2)13-23-17-7-5-4-6-16(17)22(25(23)19(21)27)12-18(26)24(20(22)28)14-8-10-15(29-3)11-9-14/h4-11H,12-13H2,1-3H3. The molecule has 2 saturated heterocycles. The van der Waals surface area contributed by atoms with Crippen molar-refractivity contribution in [3.63, 3.8) is 0 Å². The lowest BCUT2D eigenvalue weighted by Gasteiger charge is -2.33. The predicted molar refractivity (Wildman–Crippen MR) is 106 cm³/mol. The summed E-state index contributed by atoms with van der Waals surface area (Å²) in [5.74, 6) is -0.231. The molecule has 0 radical (unpaired) electrons. The molecule has 1 unspecified atom stereocenters. The molecule has 0 aromatic heterocycles. The van der Waals surface area contributed by atoms with E-state index in [1.54, 1.807) is 31.4 Å². The van der Waals surface area contributed by atoms with Gasteiger partial charge in [0.15, 0.2) is 5.54 Å². The summed E-state index contributed by atoms with van der Waals surface area (Å²) in [6.45, 7) is 4.20. The van der Waals surface area contributed by atoms with Crippen LogP contribution in [-0.4, -0.2) is 36.4 Å². The minimum atomic E-state index is -1.33. The number of nitrogens with zero attached hydrogens (tertiary/aromatic N) is 3. The highest BCUT2D eigenvalue weighted by Crippen LogP contribution is 2.55. The van der Waals surface area contributed by atoms with Gasteiger partial charge in [-0.15, -0.1) is 0 Å². The number of ether oxygens (including phenoxy) is 1. The van der Waals surface area contributed by atoms with Crippen LogP contribution in [0, 0.1) is 5.41 Å². The maximum Gasteiger partial charge on any atom is 0.267 e. The number of fused-ring (bicyclic) bond motifs is 5. The van der Waals surface area contributed by atoms with E-state index in [0.29, 0.717) is 23.5 Å². The van der Waals surface area contributed by atoms with Gasteiger partial charge in [0, 0.05) is 5.56 Å². The van der Waals surface area contributed by atoms with Crippen molar-refractivity contribution in [2.24, 2.45) is 5.41 Å². The van der Waals surface area contributed by atoms with Crippen molar-refractivity contribution < 1.29 is 19.1 Å². The second-order valence-corrected chi connectivity index (χ2v) is 8.35. The molecule has 3 heterocycles. The molecule has 1 spiro atoms. The van der Waals surface area contributed by atoms with Gasteiger partial charge in [-0.2, -0.15) is 0 Å². The van der Waals surface area contributed by atoms with Crippen molar-refractivity contribution in [2.75, 3.05) is 23.6 Å². The van der Waals surface area contributed by atoms with Crippen molar-refractivity contribution in [1.82, 2.24) is 5.01 Å². The first kappa shape index (κ1) is 17.7. The van der Waals surface area contributed by atoms with Gasteiger partial charge in [-0.05, 0) is 44.2 Å². The number of rotatable bonds is 2. The third-order valence-electron chi connectivity index (χ3n) is 6.09. The van der Waals surface area contributed by atoms with Crippen LogP contribution >= 0.6 is 0 Å². The fourth-order valence-corrected chi connectivity index (χ4v) is 4.68. The van der Waals surface area contributed by atoms with E-state index in [1.807, 2.05) is 43.1 Å². The minimum Gasteiger partial charge on any atom is -0.497 e. The lowest BCUT2D eigenvalue weighted by atomic mass is 9.84. The first-order chi connectivity index (χ1) is 13.8. The Morgan fingerprint density at radius 2 is 1.62 bits per heavy atom. The molecule has 0 bridgehead atoms. The molecule has 3 aliphatic rings. The number of anilines is 2. The van der Waals surface area contributed by atoms with Gasteiger partial charge in [0.05, 0.1) is 36.9 Å². The second-order valence-electron chi connectivity index (χ2n) is 8.35. The number of hydrazine groups is 1. The lowest BCUT2D eigenvalue weighted by molar-refractivity contribution is -0.146. The Morgan fingerprint density at radius 3 is 2.31 bits per heavy atom. The minimum absolute atomic E-state index is 0.0762. The van der Waals surface area contributed by atoms with Crippen molar-refractivity contribution in [1.29, 1.82) is 0 Å². The largest absolute Gasteiger partial charge is 0.497 e. The number of methoxy groups -OCH3 is 1. The van der Waals surface area contributed by atoms with Gasteiger partial charge in [0.25, 0.3) is 5.91 Å². The number of hydrogen-bond donors (Lipinski definition) is 0. The molecule has 0 aliphatic carbocycles. The molecular formula is C22H21N3O4. The molecule has 2 aromatic carbocycles. The Labute approximate surface area is 168 Å². The number of carbonyl (C=O) groups is 3. The smallest absolute Gasteiger partial charge is 0.267 e. The number of para-hydroxylation sites is 1. The van der Waals surface area contributed by atoms with Gasteiger partial charge in [0.1, 0.15) is 5.75 Å². The van der Waals surface area contributed by atoms with Gasteiger partial charge in [-0.1, -0.05) is 18.2 Å². The van der Waals surface area contributed by atoms with Crippen LogP contribution in [0.2, 0.25) is 0 Å². The van der Waals surface area contributed by atoms with Crippen LogP contribution in [0.3, 0.4) is 0 Å². The molecule has 5 rings (SSSR count). The molecule has 2 fully saturated rings. The van der Waals surface area contributed by atoms with Crippen LogP contribution in [0.1, 0.15) is 25.8 Å². The Balaban J connectivity index is 1.67. The van der Waals surface area contributed by atoms with Crippen LogP contribution in [0.15, 0.2) is 48.5 Å². The van der Waals surface area contributed by atoms with Crippen LogP contribution in [0.4, 0.5) is 11.4 Å². The number of carbonyl (C=O) groups excluding carboxylic acids is 3. The molecule has 1 atom stereocenters. The fourth-order valence-electron chi connectivity index (χ4n) is 4.68. The molecule has 0 N–H and O–H groups in total. The van der Waals surface area contributed by atoms with Crippen LogP contribution in [0.25, 0.3) is 0 Å². The van der Waals surface area contributed by atoms with Crippen LogP contribution in [0.5, 0.6) is 5.75 Å². The normalized spacial score (nSPS) is 24.5. The fraction of sp³-hybridized carbons (Fsp3) is 0.318. The monoisotopic (exact) mass is 391 g/mol. The van der Waals surface area contributed by atoms with E-state index in [4.69, 9.17) is 4.74 Å². The third kappa shape index (κ3) is 2.10. The van der Waals surface area contributed by atoms with E-state index in [9.17, 15) is 14.4 Å². The highest BCUT2D eigenvalue weighted by atomic mass is 16.5. The summed E-state index contributed by atoms with van der Waals surface area (Å²) in [4.78, 5) is 41.4. The first-order valence-electron chi connectivity index (χ1n) is 9.54. The molecule has 29 heavy (non-hydrogen) atoms. The number of benzene rings is 2. The highest BCUT2D eigenvalue weighted by Gasteiger charge is 2.68. The second kappa shape index (κ2) is 5.59. The van der Waals surface area contributed by atoms with Crippen molar-refractivity contribution >= 4 is 29.1 Å². The van der Waals surface area contributed by atoms with E-state index < -0.39 is 16.9 Å². The zero-order chi connectivity index (χ0) is 20.6. The number of hydrogen-bond acceptors (Lipinski definition) is 5. The zero-order valence-corrected chi connectivity index (χ0v) is 16.5. The van der Waals surface area contributed by atoms with E-state index >= 15 is 0 Å². The van der Waals surface area contributed by atoms with Crippen molar-refractivity contribution in [2.45, 2.75) is 25.8 Å². The van der Waals surface area contributed by atoms with Crippen LogP contribution < -0.4 is 14.6 Å². The maximum atomic E-state index is 13.8. The van der Waals surface area contributed by atoms with E-state index in [1.165, 1.54) is 9.91 Å². The van der Waals surface area contributed by atoms with Gasteiger partial charge in [-0.25, -0.2) is 9.91 Å². The van der Waals surface area contributed by atoms with Gasteiger partial charge >= 0.3 is 0 Å². The topological polar surface area (TPSA) is 70.2 Å². The summed E-state index contributed by atoms with van der Waals surface area (Å²) in [6.07, 6.45) is -0.0762. The van der Waals surface area contributed by atoms with E-state index in [0.717, 1.165) is 5.69 Å². The Hall–Kier alpha value is -3.35. The van der Waals surface area contributed by atoms with E-state index in [-0.39, 0.29) is 18.2 Å². The van der Waals surface area contributed by atoms with Crippen molar-refractivity contribution in [3.05, 3.63) is 54.1 Å². The SMILES string of the molecule is COc1ccc(N2C(=O)CC3(C2=O)c2ccccc2N2CC(C)(C)C(=O)N23)cc1. The molecule has 148 valence electrons. The Bertz CT molecular complexity index is 1060. The van der Waals surface area contributed by atoms with Gasteiger partial charge in [0.2, 0.25) is 11.8 Å². The maximum absolute atomic E-state index is 13.8. The molecule has 7 nitrogen and oxygen atoms in total. The highest BCUT2D eigenvalue weighted by molar-refractivity contribution is 6.26. The average Bonchev–Trinajstić information content (AvgIpc) is 3.23. The Kier molecular flexibility index (Phi) is 3.42. The predicted octanol–water partition coefficient (Wildman–Crippen LogP) is 2.46. The van der Waals surface area contributed by atoms with Gasteiger partial charge in [-0.3, -0.25) is 19.4 Å². The summed E-state index contributed by atoms with van der Waals surface area (Å²) in [5.41, 5.74) is 0.0115. The van der Waals surface area contributed by atoms with E-state index in [2.05, 4.69) is 0 Å². The third-order valence-corrected chi connectivity index (χ3v) is 6.09. The molecule has 2 aromatic rings. The molecule has 0 saturated carbocycles. The molecule has 3 amide bonds. The average molecular weight is 391 g/mol. The quantitative estimate of drug-likeness (QED) is 0.736. The summed E-state index contributed by atoms with van der Waals surface area (Å²) in [6, 6.07) is 14.3. The summed E-state index contributed by atoms with van der Waals surface area (Å²) >= 11 is 0. The number of imide groups is 1. The molecule has 7 heteroatoms. The lowest BCUT2D eigenvalue weighted by Crippen LogP contribution is -2.54. The first-order valence-corrected chi connectivity index (χ1v) is 9.54. The summed E-state index contributed by atoms with van der Waals surface area (Å²) < 4.78 is 5.17. The Morgan fingerprint density at radius 1 is 0.931 bits per heavy atom.